The first kappa shape index (κ1) is 19.8. The van der Waals surface area contributed by atoms with E-state index in [4.69, 9.17) is 0 Å². The molecule has 2 aromatic rings. The van der Waals surface area contributed by atoms with E-state index in [9.17, 15) is 13.2 Å². The van der Waals surface area contributed by atoms with Crippen LogP contribution >= 0.6 is 0 Å². The van der Waals surface area contributed by atoms with E-state index in [0.717, 1.165) is 37.6 Å². The van der Waals surface area contributed by atoms with Crippen LogP contribution < -0.4 is 4.90 Å². The van der Waals surface area contributed by atoms with Gasteiger partial charge in [0.2, 0.25) is 15.9 Å². The summed E-state index contributed by atoms with van der Waals surface area (Å²) in [5, 5.41) is 0. The largest absolute Gasteiger partial charge is 0.356 e. The minimum absolute atomic E-state index is 0.0222. The number of carbonyl (C=O) groups excluding carboxylic acids is 1. The first-order chi connectivity index (χ1) is 13.9. The van der Waals surface area contributed by atoms with Crippen LogP contribution in [0.1, 0.15) is 12.8 Å². The normalized spacial score (nSPS) is 19.5. The third-order valence-electron chi connectivity index (χ3n) is 5.59. The van der Waals surface area contributed by atoms with Crippen molar-refractivity contribution in [2.75, 3.05) is 50.4 Å². The van der Waals surface area contributed by atoms with Crippen LogP contribution in [0.3, 0.4) is 0 Å². The van der Waals surface area contributed by atoms with Crippen LogP contribution in [-0.2, 0) is 14.8 Å². The lowest BCUT2D eigenvalue weighted by Gasteiger charge is -2.38. The van der Waals surface area contributed by atoms with Crippen molar-refractivity contribution in [1.29, 1.82) is 0 Å². The molecule has 4 rings (SSSR count). The zero-order valence-corrected chi connectivity index (χ0v) is 17.2. The molecule has 0 bridgehead atoms. The van der Waals surface area contributed by atoms with E-state index in [-0.39, 0.29) is 11.8 Å². The molecule has 0 N–H and O–H groups in total. The fourth-order valence-corrected chi connectivity index (χ4v) is 4.73. The van der Waals surface area contributed by atoms with Crippen LogP contribution in [-0.4, -0.2) is 88.6 Å². The van der Waals surface area contributed by atoms with Gasteiger partial charge in [-0.05, 0) is 12.8 Å². The van der Waals surface area contributed by atoms with Crippen molar-refractivity contribution >= 4 is 21.7 Å². The molecule has 0 atom stereocenters. The first-order valence-electron chi connectivity index (χ1n) is 9.71. The Morgan fingerprint density at radius 1 is 1.03 bits per heavy atom. The zero-order valence-electron chi connectivity index (χ0n) is 16.4. The Morgan fingerprint density at radius 3 is 2.34 bits per heavy atom. The number of aromatic nitrogens is 4. The number of hydrogen-bond acceptors (Lipinski definition) is 7. The fourth-order valence-electron chi connectivity index (χ4n) is 3.90. The number of amides is 1. The smallest absolute Gasteiger partial charge is 0.225 e. The number of piperazine rings is 1. The molecule has 0 unspecified atom stereocenters. The highest BCUT2D eigenvalue weighted by atomic mass is 32.2. The van der Waals surface area contributed by atoms with E-state index in [1.807, 2.05) is 21.7 Å². The van der Waals surface area contributed by atoms with E-state index in [2.05, 4.69) is 19.9 Å². The van der Waals surface area contributed by atoms with Gasteiger partial charge in [-0.3, -0.25) is 9.36 Å². The number of piperidine rings is 1. The van der Waals surface area contributed by atoms with Gasteiger partial charge in [-0.1, -0.05) is 0 Å². The lowest BCUT2D eigenvalue weighted by atomic mass is 9.95. The van der Waals surface area contributed by atoms with E-state index >= 15 is 0 Å². The molecule has 2 aromatic heterocycles. The molecular formula is C18H25N7O3S. The molecule has 0 radical (unpaired) electrons. The second-order valence-electron chi connectivity index (χ2n) is 7.45. The van der Waals surface area contributed by atoms with Crippen LogP contribution in [0.2, 0.25) is 0 Å². The quantitative estimate of drug-likeness (QED) is 0.686. The Morgan fingerprint density at radius 2 is 1.72 bits per heavy atom. The van der Waals surface area contributed by atoms with Gasteiger partial charge in [-0.25, -0.2) is 23.4 Å². The molecule has 2 aliphatic heterocycles. The van der Waals surface area contributed by atoms with Crippen molar-refractivity contribution in [3.05, 3.63) is 31.1 Å². The van der Waals surface area contributed by atoms with E-state index < -0.39 is 10.0 Å². The summed E-state index contributed by atoms with van der Waals surface area (Å²) < 4.78 is 26.5. The SMILES string of the molecule is CS(=O)(=O)N1CCN(C(=O)C2CCN(c3cc(-n4ccnc4)ncn3)CC2)CC1. The summed E-state index contributed by atoms with van der Waals surface area (Å²) in [7, 11) is -3.19. The van der Waals surface area contributed by atoms with Crippen LogP contribution in [0.15, 0.2) is 31.1 Å². The fraction of sp³-hybridized carbons (Fsp3) is 0.556. The summed E-state index contributed by atoms with van der Waals surface area (Å²) in [5.41, 5.74) is 0. The van der Waals surface area contributed by atoms with Crippen molar-refractivity contribution in [2.24, 2.45) is 5.92 Å². The lowest BCUT2D eigenvalue weighted by Crippen LogP contribution is -2.52. The maximum absolute atomic E-state index is 12.9. The molecule has 0 saturated carbocycles. The van der Waals surface area contributed by atoms with Gasteiger partial charge in [0.25, 0.3) is 0 Å². The first-order valence-corrected chi connectivity index (χ1v) is 11.6. The average molecular weight is 420 g/mol. The second kappa shape index (κ2) is 8.07. The molecule has 0 aromatic carbocycles. The number of rotatable bonds is 4. The third-order valence-corrected chi connectivity index (χ3v) is 6.90. The van der Waals surface area contributed by atoms with Gasteiger partial charge in [0.15, 0.2) is 0 Å². The number of carbonyl (C=O) groups is 1. The van der Waals surface area contributed by atoms with E-state index in [1.54, 1.807) is 18.9 Å². The summed E-state index contributed by atoms with van der Waals surface area (Å²) in [5.74, 6) is 1.72. The second-order valence-corrected chi connectivity index (χ2v) is 9.44. The number of anilines is 1. The van der Waals surface area contributed by atoms with Gasteiger partial charge in [-0.15, -0.1) is 0 Å². The molecule has 2 aliphatic rings. The molecule has 1 amide bonds. The summed E-state index contributed by atoms with van der Waals surface area (Å²) in [6, 6.07) is 1.92. The van der Waals surface area contributed by atoms with E-state index in [1.165, 1.54) is 10.6 Å². The molecule has 156 valence electrons. The minimum atomic E-state index is -3.19. The Labute approximate surface area is 170 Å². The van der Waals surface area contributed by atoms with Gasteiger partial charge >= 0.3 is 0 Å². The zero-order chi connectivity index (χ0) is 20.4. The molecule has 2 saturated heterocycles. The number of nitrogens with zero attached hydrogens (tertiary/aromatic N) is 7. The predicted molar refractivity (Wildman–Crippen MR) is 107 cm³/mol. The van der Waals surface area contributed by atoms with Gasteiger partial charge in [-0.2, -0.15) is 4.31 Å². The van der Waals surface area contributed by atoms with Gasteiger partial charge in [0.05, 0.1) is 6.26 Å². The van der Waals surface area contributed by atoms with Gasteiger partial charge in [0, 0.05) is 63.6 Å². The van der Waals surface area contributed by atoms with Gasteiger partial charge in [0.1, 0.15) is 24.3 Å². The van der Waals surface area contributed by atoms with Crippen molar-refractivity contribution in [2.45, 2.75) is 12.8 Å². The van der Waals surface area contributed by atoms with Crippen molar-refractivity contribution in [1.82, 2.24) is 28.7 Å². The molecule has 29 heavy (non-hydrogen) atoms. The van der Waals surface area contributed by atoms with Crippen LogP contribution in [0.25, 0.3) is 5.82 Å². The molecular weight excluding hydrogens is 394 g/mol. The standard InChI is InChI=1S/C18H25N7O3S/c1-29(27,28)25-10-8-23(9-11-25)18(26)15-2-5-22(6-3-15)16-12-17(21-13-20-16)24-7-4-19-14-24/h4,7,12-15H,2-3,5-6,8-11H2,1H3. The summed E-state index contributed by atoms with van der Waals surface area (Å²) in [6.45, 7) is 3.18. The Balaban J connectivity index is 1.33. The third kappa shape index (κ3) is 4.40. The van der Waals surface area contributed by atoms with Crippen LogP contribution in [0, 0.1) is 5.92 Å². The van der Waals surface area contributed by atoms with Crippen LogP contribution in [0.4, 0.5) is 5.82 Å². The Kier molecular flexibility index (Phi) is 5.50. The molecule has 0 aliphatic carbocycles. The maximum Gasteiger partial charge on any atom is 0.225 e. The van der Waals surface area contributed by atoms with Crippen LogP contribution in [0.5, 0.6) is 0 Å². The average Bonchev–Trinajstić information content (AvgIpc) is 3.28. The predicted octanol–water partition coefficient (Wildman–Crippen LogP) is -0.0175. The summed E-state index contributed by atoms with van der Waals surface area (Å²) in [6.07, 6.45) is 9.51. The molecule has 10 nitrogen and oxygen atoms in total. The monoisotopic (exact) mass is 419 g/mol. The highest BCUT2D eigenvalue weighted by molar-refractivity contribution is 7.88. The maximum atomic E-state index is 12.9. The molecule has 0 spiro atoms. The Bertz CT molecular complexity index is 948. The minimum Gasteiger partial charge on any atom is -0.356 e. The lowest BCUT2D eigenvalue weighted by molar-refractivity contribution is -0.137. The highest BCUT2D eigenvalue weighted by Gasteiger charge is 2.32. The number of imidazole rings is 1. The number of hydrogen-bond donors (Lipinski definition) is 0. The summed E-state index contributed by atoms with van der Waals surface area (Å²) in [4.78, 5) is 29.6. The molecule has 4 heterocycles. The Hall–Kier alpha value is -2.53. The summed E-state index contributed by atoms with van der Waals surface area (Å²) >= 11 is 0. The topological polar surface area (TPSA) is 105 Å². The van der Waals surface area contributed by atoms with Gasteiger partial charge < -0.3 is 9.80 Å². The molecule has 11 heteroatoms. The van der Waals surface area contributed by atoms with Crippen molar-refractivity contribution < 1.29 is 13.2 Å². The van der Waals surface area contributed by atoms with Crippen molar-refractivity contribution in [3.8, 4) is 5.82 Å². The van der Waals surface area contributed by atoms with E-state index in [0.29, 0.717) is 26.2 Å². The number of sulfonamides is 1. The molecule has 2 fully saturated rings. The highest BCUT2D eigenvalue weighted by Crippen LogP contribution is 2.24. The van der Waals surface area contributed by atoms with Crippen molar-refractivity contribution in [3.63, 3.8) is 0 Å².